The van der Waals surface area contributed by atoms with Gasteiger partial charge < -0.3 is 4.90 Å². The smallest absolute Gasteiger partial charge is 0.329 e. The molecule has 0 unspecified atom stereocenters. The van der Waals surface area contributed by atoms with Gasteiger partial charge in [-0.05, 0) is 12.5 Å². The number of carbonyl (C=O) groups is 1. The third kappa shape index (κ3) is 4.84. The highest BCUT2D eigenvalue weighted by Crippen LogP contribution is 2.19. The van der Waals surface area contributed by atoms with Crippen molar-refractivity contribution in [2.24, 2.45) is 0 Å². The van der Waals surface area contributed by atoms with Gasteiger partial charge in [0.05, 0.1) is 11.8 Å². The Hall–Kier alpha value is -1.66. The summed E-state index contributed by atoms with van der Waals surface area (Å²) in [5.74, 6) is -1.89. The average molecular weight is 278 g/mol. The Morgan fingerprint density at radius 1 is 1.42 bits per heavy atom. The number of rotatable bonds is 5. The lowest BCUT2D eigenvalue weighted by molar-refractivity contribution is -0.140. The number of nitrogens with zero attached hydrogens (tertiary/aromatic N) is 2. The number of hydrogen-bond acceptors (Lipinski definition) is 2. The lowest BCUT2D eigenvalue weighted by atomic mass is 10.2. The van der Waals surface area contributed by atoms with Crippen LogP contribution in [0, 0.1) is 5.82 Å². The normalized spacial score (nSPS) is 11.4. The van der Waals surface area contributed by atoms with Crippen LogP contribution in [0.4, 0.5) is 17.6 Å². The van der Waals surface area contributed by atoms with E-state index in [2.05, 4.69) is 4.98 Å². The summed E-state index contributed by atoms with van der Waals surface area (Å²) in [5, 5.41) is 0. The van der Waals surface area contributed by atoms with Crippen molar-refractivity contribution in [2.75, 3.05) is 13.1 Å². The summed E-state index contributed by atoms with van der Waals surface area (Å²) < 4.78 is 50.6. The van der Waals surface area contributed by atoms with Crippen LogP contribution in [0.1, 0.15) is 30.1 Å². The first-order valence-corrected chi connectivity index (χ1v) is 5.80. The van der Waals surface area contributed by atoms with E-state index in [1.54, 1.807) is 6.92 Å². The zero-order valence-corrected chi connectivity index (χ0v) is 10.4. The molecule has 1 aromatic heterocycles. The minimum atomic E-state index is -4.51. The summed E-state index contributed by atoms with van der Waals surface area (Å²) in [6.45, 7) is 0.355. The van der Waals surface area contributed by atoms with Crippen LogP contribution >= 0.6 is 0 Å². The largest absolute Gasteiger partial charge is 0.406 e. The van der Waals surface area contributed by atoms with Crippen molar-refractivity contribution in [1.29, 1.82) is 0 Å². The van der Waals surface area contributed by atoms with Gasteiger partial charge in [-0.25, -0.2) is 4.39 Å². The fraction of sp³-hybridized carbons (Fsp3) is 0.500. The fourth-order valence-electron chi connectivity index (χ4n) is 1.54. The van der Waals surface area contributed by atoms with Gasteiger partial charge in [0.15, 0.2) is 5.82 Å². The summed E-state index contributed by atoms with van der Waals surface area (Å²) in [6, 6.07) is 1.08. The SMILES string of the molecule is CCCCN(CC(F)(F)F)C(=O)c1ccncc1F. The molecular formula is C12H14F4N2O. The Morgan fingerprint density at radius 2 is 2.11 bits per heavy atom. The molecule has 106 valence electrons. The highest BCUT2D eigenvalue weighted by molar-refractivity contribution is 5.94. The Kier molecular flexibility index (Phi) is 5.26. The molecule has 0 saturated heterocycles. The zero-order valence-electron chi connectivity index (χ0n) is 10.4. The molecule has 1 aromatic rings. The molecule has 7 heteroatoms. The van der Waals surface area contributed by atoms with Gasteiger partial charge in [0, 0.05) is 12.7 Å². The second-order valence-electron chi connectivity index (χ2n) is 4.05. The molecule has 1 heterocycles. The Balaban J connectivity index is 2.91. The highest BCUT2D eigenvalue weighted by Gasteiger charge is 2.33. The minimum Gasteiger partial charge on any atom is -0.329 e. The van der Waals surface area contributed by atoms with E-state index in [1.165, 1.54) is 6.20 Å². The van der Waals surface area contributed by atoms with Crippen molar-refractivity contribution in [2.45, 2.75) is 25.9 Å². The topological polar surface area (TPSA) is 33.2 Å². The summed E-state index contributed by atoms with van der Waals surface area (Å²) in [7, 11) is 0. The highest BCUT2D eigenvalue weighted by atomic mass is 19.4. The summed E-state index contributed by atoms with van der Waals surface area (Å²) in [5.41, 5.74) is -0.393. The monoisotopic (exact) mass is 278 g/mol. The first-order valence-electron chi connectivity index (χ1n) is 5.80. The predicted molar refractivity (Wildman–Crippen MR) is 61.1 cm³/mol. The molecule has 0 saturated carbocycles. The van der Waals surface area contributed by atoms with Crippen LogP contribution in [-0.2, 0) is 0 Å². The fourth-order valence-corrected chi connectivity index (χ4v) is 1.54. The number of aromatic nitrogens is 1. The molecular weight excluding hydrogens is 264 g/mol. The number of hydrogen-bond donors (Lipinski definition) is 0. The van der Waals surface area contributed by atoms with E-state index in [1.807, 2.05) is 0 Å². The van der Waals surface area contributed by atoms with Crippen molar-refractivity contribution < 1.29 is 22.4 Å². The van der Waals surface area contributed by atoms with Gasteiger partial charge in [0.1, 0.15) is 6.54 Å². The van der Waals surface area contributed by atoms with Gasteiger partial charge in [0.2, 0.25) is 0 Å². The van der Waals surface area contributed by atoms with E-state index in [0.717, 1.165) is 12.3 Å². The summed E-state index contributed by atoms with van der Waals surface area (Å²) >= 11 is 0. The number of halogens is 4. The third-order valence-corrected chi connectivity index (χ3v) is 2.44. The minimum absolute atomic E-state index is 0.0589. The molecule has 0 radical (unpaired) electrons. The maximum Gasteiger partial charge on any atom is 0.406 e. The molecule has 19 heavy (non-hydrogen) atoms. The molecule has 0 fully saturated rings. The van der Waals surface area contributed by atoms with Crippen molar-refractivity contribution in [3.63, 3.8) is 0 Å². The average Bonchev–Trinajstić information content (AvgIpc) is 2.33. The van der Waals surface area contributed by atoms with Crippen molar-refractivity contribution in [3.05, 3.63) is 29.8 Å². The first-order chi connectivity index (χ1) is 8.85. The molecule has 0 atom stereocenters. The summed E-state index contributed by atoms with van der Waals surface area (Å²) in [6.07, 6.45) is -1.47. The van der Waals surface area contributed by atoms with E-state index in [4.69, 9.17) is 0 Å². The molecule has 0 spiro atoms. The molecule has 0 bridgehead atoms. The van der Waals surface area contributed by atoms with E-state index < -0.39 is 30.0 Å². The molecule has 0 aliphatic heterocycles. The lowest BCUT2D eigenvalue weighted by Gasteiger charge is -2.24. The van der Waals surface area contributed by atoms with E-state index in [0.29, 0.717) is 17.7 Å². The molecule has 3 nitrogen and oxygen atoms in total. The molecule has 1 rings (SSSR count). The van der Waals surface area contributed by atoms with Crippen LogP contribution in [0.2, 0.25) is 0 Å². The number of alkyl halides is 3. The van der Waals surface area contributed by atoms with Gasteiger partial charge in [-0.15, -0.1) is 0 Å². The summed E-state index contributed by atoms with van der Waals surface area (Å²) in [4.78, 5) is 16.0. The van der Waals surface area contributed by atoms with Gasteiger partial charge in [-0.3, -0.25) is 9.78 Å². The molecule has 0 N–H and O–H groups in total. The Labute approximate surface area is 108 Å². The standard InChI is InChI=1S/C12H14F4N2O/c1-2-3-6-18(8-12(14,15)16)11(19)9-4-5-17-7-10(9)13/h4-5,7H,2-3,6,8H2,1H3. The van der Waals surface area contributed by atoms with Crippen molar-refractivity contribution >= 4 is 5.91 Å². The third-order valence-electron chi connectivity index (χ3n) is 2.44. The number of pyridine rings is 1. The van der Waals surface area contributed by atoms with E-state index in [-0.39, 0.29) is 6.54 Å². The lowest BCUT2D eigenvalue weighted by Crippen LogP contribution is -2.40. The van der Waals surface area contributed by atoms with Crippen LogP contribution in [0.25, 0.3) is 0 Å². The number of amides is 1. The van der Waals surface area contributed by atoms with Crippen LogP contribution in [-0.4, -0.2) is 35.1 Å². The predicted octanol–water partition coefficient (Wildman–Crippen LogP) is 3.03. The van der Waals surface area contributed by atoms with Crippen molar-refractivity contribution in [1.82, 2.24) is 9.88 Å². The van der Waals surface area contributed by atoms with Crippen LogP contribution < -0.4 is 0 Å². The molecule has 0 aliphatic carbocycles. The molecule has 1 amide bonds. The second kappa shape index (κ2) is 6.49. The van der Waals surface area contributed by atoms with Gasteiger partial charge in [0.25, 0.3) is 5.91 Å². The van der Waals surface area contributed by atoms with E-state index >= 15 is 0 Å². The quantitative estimate of drug-likeness (QED) is 0.776. The molecule has 0 aromatic carbocycles. The van der Waals surface area contributed by atoms with Gasteiger partial charge in [-0.2, -0.15) is 13.2 Å². The maximum absolute atomic E-state index is 13.4. The molecule has 0 aliphatic rings. The Morgan fingerprint density at radius 3 is 2.63 bits per heavy atom. The van der Waals surface area contributed by atoms with Crippen LogP contribution in [0.5, 0.6) is 0 Å². The van der Waals surface area contributed by atoms with Gasteiger partial charge in [-0.1, -0.05) is 13.3 Å². The zero-order chi connectivity index (χ0) is 14.5. The van der Waals surface area contributed by atoms with Crippen LogP contribution in [0.15, 0.2) is 18.5 Å². The maximum atomic E-state index is 13.4. The number of unbranched alkanes of at least 4 members (excludes halogenated alkanes) is 1. The van der Waals surface area contributed by atoms with Crippen molar-refractivity contribution in [3.8, 4) is 0 Å². The number of carbonyl (C=O) groups excluding carboxylic acids is 1. The van der Waals surface area contributed by atoms with Gasteiger partial charge >= 0.3 is 6.18 Å². The van der Waals surface area contributed by atoms with E-state index in [9.17, 15) is 22.4 Å². The van der Waals surface area contributed by atoms with Crippen LogP contribution in [0.3, 0.4) is 0 Å². The Bertz CT molecular complexity index is 434. The first kappa shape index (κ1) is 15.4. The second-order valence-corrected chi connectivity index (χ2v) is 4.05.